The Bertz CT molecular complexity index is 498. The molecular weight excluding hydrogens is 230 g/mol. The van der Waals surface area contributed by atoms with Crippen molar-refractivity contribution >= 4 is 5.91 Å². The summed E-state index contributed by atoms with van der Waals surface area (Å²) in [7, 11) is 3.22. The first kappa shape index (κ1) is 11.4. The first-order valence-electron chi connectivity index (χ1n) is 6.30. The predicted octanol–water partition coefficient (Wildman–Crippen LogP) is 1.86. The fourth-order valence-corrected chi connectivity index (χ4v) is 3.01. The second kappa shape index (κ2) is 4.19. The maximum absolute atomic E-state index is 12.4. The summed E-state index contributed by atoms with van der Waals surface area (Å²) in [5.41, 5.74) is 1.85. The molecule has 1 atom stereocenters. The van der Waals surface area contributed by atoms with Crippen molar-refractivity contribution in [2.24, 2.45) is 0 Å². The molecule has 4 nitrogen and oxygen atoms in total. The molecule has 0 aromatic heterocycles. The van der Waals surface area contributed by atoms with E-state index in [1.165, 1.54) is 0 Å². The molecule has 1 aromatic carbocycles. The minimum Gasteiger partial charge on any atom is -0.493 e. The Kier molecular flexibility index (Phi) is 2.65. The average molecular weight is 247 g/mol. The van der Waals surface area contributed by atoms with Crippen LogP contribution in [0.25, 0.3) is 0 Å². The van der Waals surface area contributed by atoms with Crippen LogP contribution in [0.1, 0.15) is 28.8 Å². The zero-order valence-electron chi connectivity index (χ0n) is 10.7. The lowest BCUT2D eigenvalue weighted by molar-refractivity contribution is 0.0714. The molecule has 2 aliphatic rings. The van der Waals surface area contributed by atoms with Crippen LogP contribution in [-0.2, 0) is 6.42 Å². The van der Waals surface area contributed by atoms with Crippen molar-refractivity contribution in [3.05, 3.63) is 23.3 Å². The Balaban J connectivity index is 2.08. The molecule has 1 saturated heterocycles. The quantitative estimate of drug-likeness (QED) is 0.800. The molecule has 3 rings (SSSR count). The van der Waals surface area contributed by atoms with E-state index in [1.807, 2.05) is 17.0 Å². The van der Waals surface area contributed by atoms with Gasteiger partial charge in [-0.3, -0.25) is 4.79 Å². The molecule has 1 amide bonds. The Labute approximate surface area is 106 Å². The fourth-order valence-electron chi connectivity index (χ4n) is 3.01. The number of amides is 1. The third-order valence-electron chi connectivity index (χ3n) is 3.93. The number of hydrogen-bond donors (Lipinski definition) is 0. The lowest BCUT2D eigenvalue weighted by Gasteiger charge is -2.31. The number of rotatable bonds is 2. The number of methoxy groups -OCH3 is 2. The lowest BCUT2D eigenvalue weighted by Crippen LogP contribution is -2.41. The second-order valence-electron chi connectivity index (χ2n) is 4.86. The van der Waals surface area contributed by atoms with Crippen molar-refractivity contribution < 1.29 is 14.3 Å². The zero-order chi connectivity index (χ0) is 12.7. The summed E-state index contributed by atoms with van der Waals surface area (Å²) in [5, 5.41) is 0. The molecule has 2 aliphatic heterocycles. The van der Waals surface area contributed by atoms with E-state index in [0.29, 0.717) is 17.5 Å². The summed E-state index contributed by atoms with van der Waals surface area (Å²) in [6.45, 7) is 0.886. The number of benzene rings is 1. The van der Waals surface area contributed by atoms with Crippen LogP contribution < -0.4 is 9.47 Å². The molecule has 0 saturated carbocycles. The predicted molar refractivity (Wildman–Crippen MR) is 67.3 cm³/mol. The number of carbonyl (C=O) groups excluding carboxylic acids is 1. The first-order chi connectivity index (χ1) is 8.74. The highest BCUT2D eigenvalue weighted by atomic mass is 16.5. The van der Waals surface area contributed by atoms with Gasteiger partial charge in [-0.05, 0) is 37.0 Å². The fraction of sp³-hybridized carbons (Fsp3) is 0.500. The molecule has 1 aromatic rings. The molecule has 1 fully saturated rings. The van der Waals surface area contributed by atoms with E-state index in [2.05, 4.69) is 0 Å². The zero-order valence-corrected chi connectivity index (χ0v) is 10.7. The molecule has 4 heteroatoms. The van der Waals surface area contributed by atoms with Gasteiger partial charge in [-0.2, -0.15) is 0 Å². The van der Waals surface area contributed by atoms with Crippen LogP contribution in [0.2, 0.25) is 0 Å². The van der Waals surface area contributed by atoms with Crippen LogP contribution >= 0.6 is 0 Å². The van der Waals surface area contributed by atoms with Crippen LogP contribution in [-0.4, -0.2) is 37.6 Å². The van der Waals surface area contributed by atoms with E-state index in [4.69, 9.17) is 9.47 Å². The molecular formula is C14H17NO3. The molecule has 96 valence electrons. The third-order valence-corrected chi connectivity index (χ3v) is 3.93. The van der Waals surface area contributed by atoms with Gasteiger partial charge in [0.25, 0.3) is 5.91 Å². The maximum atomic E-state index is 12.4. The standard InChI is InChI=1S/C14H17NO3/c1-17-12-7-9-6-10-4-3-5-15(10)14(16)11(9)8-13(12)18-2/h7-8,10H,3-6H2,1-2H3. The molecule has 0 aliphatic carbocycles. The molecule has 1 unspecified atom stereocenters. The van der Waals surface area contributed by atoms with Crippen LogP contribution in [0.4, 0.5) is 0 Å². The number of hydrogen-bond acceptors (Lipinski definition) is 3. The summed E-state index contributed by atoms with van der Waals surface area (Å²) < 4.78 is 10.6. The van der Waals surface area contributed by atoms with Crippen molar-refractivity contribution in [1.29, 1.82) is 0 Å². The van der Waals surface area contributed by atoms with Gasteiger partial charge in [0.15, 0.2) is 11.5 Å². The first-order valence-corrected chi connectivity index (χ1v) is 6.30. The summed E-state index contributed by atoms with van der Waals surface area (Å²) in [4.78, 5) is 14.4. The van der Waals surface area contributed by atoms with E-state index in [9.17, 15) is 4.79 Å². The number of nitrogens with zero attached hydrogens (tertiary/aromatic N) is 1. The third kappa shape index (κ3) is 1.55. The molecule has 0 radical (unpaired) electrons. The van der Waals surface area contributed by atoms with Crippen molar-refractivity contribution in [1.82, 2.24) is 4.90 Å². The number of ether oxygens (including phenoxy) is 2. The Morgan fingerprint density at radius 3 is 2.67 bits per heavy atom. The molecule has 0 bridgehead atoms. The van der Waals surface area contributed by atoms with Crippen molar-refractivity contribution in [2.45, 2.75) is 25.3 Å². The minimum atomic E-state index is 0.139. The normalized spacial score (nSPS) is 21.6. The van der Waals surface area contributed by atoms with Gasteiger partial charge < -0.3 is 14.4 Å². The highest BCUT2D eigenvalue weighted by Gasteiger charge is 2.36. The van der Waals surface area contributed by atoms with Crippen LogP contribution in [0, 0.1) is 0 Å². The number of carbonyl (C=O) groups is 1. The van der Waals surface area contributed by atoms with Gasteiger partial charge in [-0.25, -0.2) is 0 Å². The van der Waals surface area contributed by atoms with Gasteiger partial charge in [0.2, 0.25) is 0 Å². The van der Waals surface area contributed by atoms with E-state index in [0.717, 1.165) is 36.9 Å². The maximum Gasteiger partial charge on any atom is 0.254 e. The summed E-state index contributed by atoms with van der Waals surface area (Å²) in [5.74, 6) is 1.47. The van der Waals surface area contributed by atoms with Crippen molar-refractivity contribution in [3.63, 3.8) is 0 Å². The average Bonchev–Trinajstić information content (AvgIpc) is 2.86. The smallest absolute Gasteiger partial charge is 0.254 e. The van der Waals surface area contributed by atoms with Gasteiger partial charge in [-0.15, -0.1) is 0 Å². The van der Waals surface area contributed by atoms with Gasteiger partial charge in [0.05, 0.1) is 14.2 Å². The molecule has 2 heterocycles. The van der Waals surface area contributed by atoms with Crippen molar-refractivity contribution in [3.8, 4) is 11.5 Å². The molecule has 0 spiro atoms. The van der Waals surface area contributed by atoms with Crippen LogP contribution in [0.3, 0.4) is 0 Å². The SMILES string of the molecule is COc1cc2c(cc1OC)C(=O)N1CCCC1C2. The largest absolute Gasteiger partial charge is 0.493 e. The second-order valence-corrected chi connectivity index (χ2v) is 4.86. The van der Waals surface area contributed by atoms with E-state index >= 15 is 0 Å². The highest BCUT2D eigenvalue weighted by molar-refractivity contribution is 5.98. The van der Waals surface area contributed by atoms with Gasteiger partial charge >= 0.3 is 0 Å². The topological polar surface area (TPSA) is 38.8 Å². The van der Waals surface area contributed by atoms with Crippen molar-refractivity contribution in [2.75, 3.05) is 20.8 Å². The lowest BCUT2D eigenvalue weighted by atomic mass is 9.93. The summed E-state index contributed by atoms with van der Waals surface area (Å²) in [6, 6.07) is 4.13. The monoisotopic (exact) mass is 247 g/mol. The van der Waals surface area contributed by atoms with Gasteiger partial charge in [-0.1, -0.05) is 0 Å². The Morgan fingerprint density at radius 1 is 1.22 bits per heavy atom. The van der Waals surface area contributed by atoms with E-state index in [-0.39, 0.29) is 5.91 Å². The minimum absolute atomic E-state index is 0.139. The highest BCUT2D eigenvalue weighted by Crippen LogP contribution is 2.36. The van der Waals surface area contributed by atoms with Crippen LogP contribution in [0.15, 0.2) is 12.1 Å². The Morgan fingerprint density at radius 2 is 1.94 bits per heavy atom. The summed E-state index contributed by atoms with van der Waals surface area (Å²) in [6.07, 6.45) is 3.15. The van der Waals surface area contributed by atoms with Gasteiger partial charge in [0.1, 0.15) is 0 Å². The van der Waals surface area contributed by atoms with E-state index in [1.54, 1.807) is 14.2 Å². The van der Waals surface area contributed by atoms with E-state index < -0.39 is 0 Å². The van der Waals surface area contributed by atoms with Crippen LogP contribution in [0.5, 0.6) is 11.5 Å². The summed E-state index contributed by atoms with van der Waals surface area (Å²) >= 11 is 0. The van der Waals surface area contributed by atoms with Gasteiger partial charge in [0, 0.05) is 18.2 Å². The Hall–Kier alpha value is -1.71. The molecule has 18 heavy (non-hydrogen) atoms. The number of fused-ring (bicyclic) bond motifs is 2. The molecule has 0 N–H and O–H groups in total.